The number of rotatable bonds is 4. The van der Waals surface area contributed by atoms with E-state index >= 15 is 0 Å². The molecule has 0 aliphatic carbocycles. The molecule has 3 heteroatoms. The number of benzene rings is 2. The second-order valence-electron chi connectivity index (χ2n) is 4.94. The highest BCUT2D eigenvalue weighted by Crippen LogP contribution is 2.37. The predicted octanol–water partition coefficient (Wildman–Crippen LogP) is 3.49. The second-order valence-corrected chi connectivity index (χ2v) is 4.94. The van der Waals surface area contributed by atoms with Crippen molar-refractivity contribution in [1.82, 2.24) is 4.57 Å². The van der Waals surface area contributed by atoms with Crippen molar-refractivity contribution in [3.8, 4) is 5.75 Å². The number of aliphatic hydroxyl groups is 1. The summed E-state index contributed by atoms with van der Waals surface area (Å²) < 4.78 is 8.10. The van der Waals surface area contributed by atoms with Gasteiger partial charge in [-0.2, -0.15) is 0 Å². The molecule has 0 aliphatic rings. The van der Waals surface area contributed by atoms with E-state index in [2.05, 4.69) is 47.9 Å². The Labute approximate surface area is 118 Å². The Bertz CT molecular complexity index is 758. The van der Waals surface area contributed by atoms with Crippen LogP contribution in [0.1, 0.15) is 12.5 Å². The third-order valence-electron chi connectivity index (χ3n) is 3.74. The zero-order valence-corrected chi connectivity index (χ0v) is 11.9. The highest BCUT2D eigenvalue weighted by atomic mass is 16.5. The van der Waals surface area contributed by atoms with Crippen LogP contribution in [0.15, 0.2) is 36.4 Å². The molecule has 0 fully saturated rings. The van der Waals surface area contributed by atoms with Gasteiger partial charge in [-0.1, -0.05) is 24.3 Å². The van der Waals surface area contributed by atoms with Gasteiger partial charge in [0.1, 0.15) is 12.4 Å². The minimum absolute atomic E-state index is 0.0300. The fourth-order valence-electron chi connectivity index (χ4n) is 2.89. The van der Waals surface area contributed by atoms with Crippen molar-refractivity contribution >= 4 is 21.8 Å². The lowest BCUT2D eigenvalue weighted by Gasteiger charge is -2.10. The number of nitrogens with zero attached hydrogens (tertiary/aromatic N) is 1. The van der Waals surface area contributed by atoms with E-state index < -0.39 is 0 Å². The highest BCUT2D eigenvalue weighted by molar-refractivity contribution is 6.11. The molecule has 0 bridgehead atoms. The van der Waals surface area contributed by atoms with Gasteiger partial charge in [0.25, 0.3) is 0 Å². The number of fused-ring (bicyclic) bond motifs is 3. The Balaban J connectivity index is 2.40. The zero-order valence-electron chi connectivity index (χ0n) is 11.9. The molecule has 1 aromatic heterocycles. The van der Waals surface area contributed by atoms with Crippen LogP contribution < -0.4 is 4.74 Å². The number of hydrogen-bond acceptors (Lipinski definition) is 2. The fourth-order valence-corrected chi connectivity index (χ4v) is 2.89. The number of ether oxygens (including phenoxy) is 1. The first-order chi connectivity index (χ1) is 9.77. The lowest BCUT2D eigenvalue weighted by atomic mass is 10.1. The predicted molar refractivity (Wildman–Crippen MR) is 82.4 cm³/mol. The summed E-state index contributed by atoms with van der Waals surface area (Å²) in [5.41, 5.74) is 3.52. The van der Waals surface area contributed by atoms with Crippen molar-refractivity contribution in [1.29, 1.82) is 0 Å². The van der Waals surface area contributed by atoms with Crippen molar-refractivity contribution in [3.63, 3.8) is 0 Å². The van der Waals surface area contributed by atoms with E-state index in [0.29, 0.717) is 6.61 Å². The van der Waals surface area contributed by atoms with Gasteiger partial charge in [-0.3, -0.25) is 0 Å². The number of aryl methyl sites for hydroxylation is 2. The van der Waals surface area contributed by atoms with Crippen molar-refractivity contribution in [3.05, 3.63) is 42.0 Å². The molecule has 0 spiro atoms. The highest BCUT2D eigenvalue weighted by Gasteiger charge is 2.15. The van der Waals surface area contributed by atoms with Crippen LogP contribution in [-0.4, -0.2) is 22.9 Å². The Hall–Kier alpha value is -2.00. The van der Waals surface area contributed by atoms with Crippen molar-refractivity contribution < 1.29 is 9.84 Å². The van der Waals surface area contributed by atoms with Gasteiger partial charge >= 0.3 is 0 Å². The minimum Gasteiger partial charge on any atom is -0.490 e. The molecule has 104 valence electrons. The molecule has 0 unspecified atom stereocenters. The van der Waals surface area contributed by atoms with Gasteiger partial charge in [0, 0.05) is 22.8 Å². The van der Waals surface area contributed by atoms with E-state index in [9.17, 15) is 0 Å². The molecule has 0 aliphatic heterocycles. The van der Waals surface area contributed by atoms with E-state index in [-0.39, 0.29) is 6.61 Å². The average Bonchev–Trinajstić information content (AvgIpc) is 2.80. The number of aliphatic hydroxyl groups excluding tert-OH is 1. The summed E-state index contributed by atoms with van der Waals surface area (Å²) in [5.74, 6) is 0.889. The van der Waals surface area contributed by atoms with Crippen molar-refractivity contribution in [2.45, 2.75) is 20.4 Å². The summed E-state index contributed by atoms with van der Waals surface area (Å²) in [4.78, 5) is 0. The molecule has 1 heterocycles. The van der Waals surface area contributed by atoms with Crippen LogP contribution >= 0.6 is 0 Å². The number of para-hydroxylation sites is 1. The van der Waals surface area contributed by atoms with E-state index in [1.54, 1.807) is 0 Å². The quantitative estimate of drug-likeness (QED) is 0.786. The zero-order chi connectivity index (χ0) is 14.1. The van der Waals surface area contributed by atoms with Crippen LogP contribution in [0.5, 0.6) is 5.75 Å². The summed E-state index contributed by atoms with van der Waals surface area (Å²) in [6.45, 7) is 5.48. The standard InChI is InChI=1S/C17H19NO2/c1-3-18-14-7-5-4-6-13(14)16-15(18)9-8-12(2)17(16)20-11-10-19/h4-9,19H,3,10-11H2,1-2H3. The summed E-state index contributed by atoms with van der Waals surface area (Å²) in [5, 5.41) is 11.4. The van der Waals surface area contributed by atoms with E-state index in [1.165, 1.54) is 16.4 Å². The molecule has 3 rings (SSSR count). The van der Waals surface area contributed by atoms with Crippen LogP contribution in [-0.2, 0) is 6.54 Å². The average molecular weight is 269 g/mol. The molecule has 0 radical (unpaired) electrons. The SMILES string of the molecule is CCn1c2ccccc2c2c(OCCO)c(C)ccc21. The Morgan fingerprint density at radius 2 is 1.90 bits per heavy atom. The maximum atomic E-state index is 9.02. The summed E-state index contributed by atoms with van der Waals surface area (Å²) in [6, 6.07) is 12.6. The summed E-state index contributed by atoms with van der Waals surface area (Å²) >= 11 is 0. The number of hydrogen-bond donors (Lipinski definition) is 1. The third-order valence-corrected chi connectivity index (χ3v) is 3.74. The Morgan fingerprint density at radius 3 is 2.65 bits per heavy atom. The lowest BCUT2D eigenvalue weighted by molar-refractivity contribution is 0.202. The molecule has 20 heavy (non-hydrogen) atoms. The fraction of sp³-hybridized carbons (Fsp3) is 0.294. The molecule has 0 saturated heterocycles. The molecular weight excluding hydrogens is 250 g/mol. The van der Waals surface area contributed by atoms with Crippen molar-refractivity contribution in [2.24, 2.45) is 0 Å². The molecule has 2 aromatic carbocycles. The lowest BCUT2D eigenvalue weighted by Crippen LogP contribution is -2.03. The van der Waals surface area contributed by atoms with Crippen LogP contribution in [0.3, 0.4) is 0 Å². The van der Waals surface area contributed by atoms with Crippen LogP contribution in [0, 0.1) is 6.92 Å². The van der Waals surface area contributed by atoms with E-state index in [4.69, 9.17) is 9.84 Å². The molecule has 1 N–H and O–H groups in total. The van der Waals surface area contributed by atoms with Gasteiger partial charge < -0.3 is 14.4 Å². The topological polar surface area (TPSA) is 34.4 Å². The summed E-state index contributed by atoms with van der Waals surface area (Å²) in [7, 11) is 0. The first-order valence-electron chi connectivity index (χ1n) is 7.02. The first-order valence-corrected chi connectivity index (χ1v) is 7.02. The molecular formula is C17H19NO2. The minimum atomic E-state index is 0.0300. The third kappa shape index (κ3) is 1.86. The maximum absolute atomic E-state index is 9.02. The second kappa shape index (κ2) is 5.17. The maximum Gasteiger partial charge on any atom is 0.132 e. The van der Waals surface area contributed by atoms with E-state index in [1.807, 2.05) is 6.92 Å². The number of aromatic nitrogens is 1. The molecule has 3 nitrogen and oxygen atoms in total. The van der Waals surface area contributed by atoms with Gasteiger partial charge in [-0.15, -0.1) is 0 Å². The van der Waals surface area contributed by atoms with Gasteiger partial charge in [0.15, 0.2) is 0 Å². The van der Waals surface area contributed by atoms with Crippen LogP contribution in [0.25, 0.3) is 21.8 Å². The van der Waals surface area contributed by atoms with Crippen LogP contribution in [0.2, 0.25) is 0 Å². The largest absolute Gasteiger partial charge is 0.490 e. The molecule has 3 aromatic rings. The van der Waals surface area contributed by atoms with Gasteiger partial charge in [-0.05, 0) is 31.5 Å². The molecule has 0 saturated carbocycles. The van der Waals surface area contributed by atoms with Gasteiger partial charge in [-0.25, -0.2) is 0 Å². The van der Waals surface area contributed by atoms with Gasteiger partial charge in [0.2, 0.25) is 0 Å². The Morgan fingerprint density at radius 1 is 1.10 bits per heavy atom. The van der Waals surface area contributed by atoms with Crippen LogP contribution in [0.4, 0.5) is 0 Å². The summed E-state index contributed by atoms with van der Waals surface area (Å²) in [6.07, 6.45) is 0. The Kier molecular flexibility index (Phi) is 3.36. The normalized spacial score (nSPS) is 11.3. The monoisotopic (exact) mass is 269 g/mol. The molecule has 0 amide bonds. The van der Waals surface area contributed by atoms with Gasteiger partial charge in [0.05, 0.1) is 12.1 Å². The first kappa shape index (κ1) is 13.0. The smallest absolute Gasteiger partial charge is 0.132 e. The van der Waals surface area contributed by atoms with Crippen molar-refractivity contribution in [2.75, 3.05) is 13.2 Å². The molecule has 0 atom stereocenters. The van der Waals surface area contributed by atoms with E-state index in [0.717, 1.165) is 23.2 Å².